The van der Waals surface area contributed by atoms with Gasteiger partial charge in [-0.1, -0.05) is 32.1 Å². The lowest BCUT2D eigenvalue weighted by atomic mass is 9.91. The molecule has 0 saturated heterocycles. The maximum atomic E-state index is 11.1. The molecule has 1 aliphatic rings. The molecule has 1 fully saturated rings. The summed E-state index contributed by atoms with van der Waals surface area (Å²) in [6.07, 6.45) is 8.13. The van der Waals surface area contributed by atoms with Crippen LogP contribution in [-0.4, -0.2) is 5.97 Å². The first-order chi connectivity index (χ1) is 5.84. The third kappa shape index (κ3) is 3.05. The molecular weight excluding hydrogens is 172 g/mol. The summed E-state index contributed by atoms with van der Waals surface area (Å²) < 4.78 is 4.44. The Morgan fingerprint density at radius 1 is 1.08 bits per heavy atom. The molecule has 0 aromatic heterocycles. The van der Waals surface area contributed by atoms with Gasteiger partial charge in [-0.25, -0.2) is 0 Å². The molecule has 12 heavy (non-hydrogen) atoms. The zero-order valence-corrected chi connectivity index (χ0v) is 8.19. The molecule has 1 aliphatic carbocycles. The average Bonchev–Trinajstić information content (AvgIpc) is 2.02. The summed E-state index contributed by atoms with van der Waals surface area (Å²) >= 11 is 3.54. The van der Waals surface area contributed by atoms with E-state index in [1.165, 1.54) is 19.3 Å². The number of hydrogen-bond donors (Lipinski definition) is 1. The second kappa shape index (κ2) is 5.46. The predicted octanol–water partition coefficient (Wildman–Crippen LogP) is 2.73. The Hall–Kier alpha value is -0.180. The minimum absolute atomic E-state index is 0.114. The summed E-state index contributed by atoms with van der Waals surface area (Å²) in [5, 5.41) is 0. The van der Waals surface area contributed by atoms with Crippen LogP contribution in [0.15, 0.2) is 0 Å². The van der Waals surface area contributed by atoms with Gasteiger partial charge in [0.1, 0.15) is 0 Å². The van der Waals surface area contributed by atoms with Crippen molar-refractivity contribution in [2.45, 2.75) is 44.9 Å². The van der Waals surface area contributed by atoms with Gasteiger partial charge in [0.2, 0.25) is 0 Å². The highest BCUT2D eigenvalue weighted by molar-refractivity contribution is 7.75. The van der Waals surface area contributed by atoms with Crippen LogP contribution in [0, 0.1) is 5.92 Å². The van der Waals surface area contributed by atoms with Crippen LogP contribution in [0.25, 0.3) is 0 Å². The van der Waals surface area contributed by atoms with Gasteiger partial charge >= 0.3 is 5.97 Å². The maximum absolute atomic E-state index is 11.1. The summed E-state index contributed by atoms with van der Waals surface area (Å²) in [6.45, 7) is 0. The number of carbonyl (C=O) groups excluding carboxylic acids is 1. The molecule has 3 heteroatoms. The fourth-order valence-corrected chi connectivity index (χ4v) is 1.92. The average molecular weight is 188 g/mol. The monoisotopic (exact) mass is 188 g/mol. The van der Waals surface area contributed by atoms with Crippen LogP contribution in [0.1, 0.15) is 44.9 Å². The third-order valence-electron chi connectivity index (χ3n) is 2.53. The Bertz CT molecular complexity index is 139. The lowest BCUT2D eigenvalue weighted by molar-refractivity contribution is -0.138. The van der Waals surface area contributed by atoms with Crippen molar-refractivity contribution in [3.63, 3.8) is 0 Å². The number of rotatable bonds is 1. The molecule has 0 amide bonds. The fraction of sp³-hybridized carbons (Fsp3) is 0.889. The first-order valence-electron chi connectivity index (χ1n) is 4.70. The van der Waals surface area contributed by atoms with E-state index in [4.69, 9.17) is 0 Å². The number of thiol groups is 1. The van der Waals surface area contributed by atoms with Crippen LogP contribution < -0.4 is 0 Å². The molecule has 1 rings (SSSR count). The van der Waals surface area contributed by atoms with Crippen molar-refractivity contribution in [2.75, 3.05) is 0 Å². The van der Waals surface area contributed by atoms with Crippen molar-refractivity contribution >= 4 is 18.9 Å². The Morgan fingerprint density at radius 2 is 1.58 bits per heavy atom. The molecule has 0 bridgehead atoms. The van der Waals surface area contributed by atoms with E-state index in [1.807, 2.05) is 0 Å². The summed E-state index contributed by atoms with van der Waals surface area (Å²) in [7, 11) is 0. The molecule has 0 aromatic rings. The Kier molecular flexibility index (Phi) is 4.51. The highest BCUT2D eigenvalue weighted by atomic mass is 32.1. The number of hydrogen-bond acceptors (Lipinski definition) is 3. The van der Waals surface area contributed by atoms with Gasteiger partial charge in [-0.3, -0.25) is 4.79 Å². The van der Waals surface area contributed by atoms with Crippen LogP contribution in [0.4, 0.5) is 0 Å². The molecular formula is C9H16O2S. The molecule has 1 saturated carbocycles. The molecule has 70 valence electrons. The normalized spacial score (nSPS) is 21.1. The van der Waals surface area contributed by atoms with Gasteiger partial charge in [0.25, 0.3) is 0 Å². The molecule has 0 unspecified atom stereocenters. The quantitative estimate of drug-likeness (QED) is 0.506. The fourth-order valence-electron chi connectivity index (χ4n) is 1.77. The van der Waals surface area contributed by atoms with E-state index in [0.29, 0.717) is 0 Å². The zero-order chi connectivity index (χ0) is 8.81. The summed E-state index contributed by atoms with van der Waals surface area (Å²) in [5.41, 5.74) is 0. The number of carbonyl (C=O) groups is 1. The van der Waals surface area contributed by atoms with Gasteiger partial charge in [0.05, 0.1) is 5.92 Å². The smallest absolute Gasteiger partial charge is 0.320 e. The molecule has 0 spiro atoms. The minimum Gasteiger partial charge on any atom is -0.394 e. The van der Waals surface area contributed by atoms with Crippen molar-refractivity contribution < 1.29 is 8.98 Å². The van der Waals surface area contributed by atoms with Gasteiger partial charge in [-0.2, -0.15) is 0 Å². The molecule has 2 nitrogen and oxygen atoms in total. The second-order valence-electron chi connectivity index (χ2n) is 3.45. The van der Waals surface area contributed by atoms with E-state index in [-0.39, 0.29) is 11.9 Å². The lowest BCUT2D eigenvalue weighted by Crippen LogP contribution is -2.15. The van der Waals surface area contributed by atoms with Crippen molar-refractivity contribution in [1.29, 1.82) is 0 Å². The largest absolute Gasteiger partial charge is 0.394 e. The first kappa shape index (κ1) is 9.90. The summed E-state index contributed by atoms with van der Waals surface area (Å²) in [6, 6.07) is 0. The Balaban J connectivity index is 2.34. The minimum atomic E-state index is -0.139. The topological polar surface area (TPSA) is 26.3 Å². The van der Waals surface area contributed by atoms with Gasteiger partial charge in [0, 0.05) is 12.9 Å². The molecule has 0 heterocycles. The maximum Gasteiger partial charge on any atom is 0.320 e. The van der Waals surface area contributed by atoms with E-state index in [2.05, 4.69) is 17.1 Å². The highest BCUT2D eigenvalue weighted by Gasteiger charge is 2.19. The third-order valence-corrected chi connectivity index (χ3v) is 2.71. The lowest BCUT2D eigenvalue weighted by Gasteiger charge is -2.16. The second-order valence-corrected chi connectivity index (χ2v) is 3.63. The predicted molar refractivity (Wildman–Crippen MR) is 50.9 cm³/mol. The summed E-state index contributed by atoms with van der Waals surface area (Å²) in [4.78, 5) is 11.1. The molecule has 0 aliphatic heterocycles. The molecule has 0 N–H and O–H groups in total. The van der Waals surface area contributed by atoms with Gasteiger partial charge in [-0.05, 0) is 12.8 Å². The van der Waals surface area contributed by atoms with Gasteiger partial charge in [-0.15, -0.1) is 0 Å². The summed E-state index contributed by atoms with van der Waals surface area (Å²) in [5.74, 6) is -0.0250. The Labute approximate surface area is 79.3 Å². The van der Waals surface area contributed by atoms with E-state index >= 15 is 0 Å². The first-order valence-corrected chi connectivity index (χ1v) is 5.06. The van der Waals surface area contributed by atoms with Crippen molar-refractivity contribution in [3.05, 3.63) is 0 Å². The van der Waals surface area contributed by atoms with Crippen molar-refractivity contribution in [2.24, 2.45) is 5.92 Å². The van der Waals surface area contributed by atoms with E-state index in [0.717, 1.165) is 25.7 Å². The SMILES string of the molecule is O=C(OS)C1CCCCCCC1. The van der Waals surface area contributed by atoms with Gasteiger partial charge in [0.15, 0.2) is 0 Å². The standard InChI is InChI=1S/C9H16O2S/c10-9(11-12)8-6-4-2-1-3-5-7-8/h8,12H,1-7H2. The van der Waals surface area contributed by atoms with Crippen LogP contribution >= 0.6 is 12.9 Å². The van der Waals surface area contributed by atoms with Crippen LogP contribution in [0.2, 0.25) is 0 Å². The highest BCUT2D eigenvalue weighted by Crippen LogP contribution is 2.23. The van der Waals surface area contributed by atoms with E-state index < -0.39 is 0 Å². The van der Waals surface area contributed by atoms with Gasteiger partial charge < -0.3 is 4.18 Å². The van der Waals surface area contributed by atoms with E-state index in [1.54, 1.807) is 0 Å². The zero-order valence-electron chi connectivity index (χ0n) is 7.29. The Morgan fingerprint density at radius 3 is 2.08 bits per heavy atom. The molecule has 0 radical (unpaired) electrons. The van der Waals surface area contributed by atoms with E-state index in [9.17, 15) is 4.79 Å². The molecule has 0 aromatic carbocycles. The molecule has 0 atom stereocenters. The van der Waals surface area contributed by atoms with Crippen molar-refractivity contribution in [3.8, 4) is 0 Å². The van der Waals surface area contributed by atoms with Crippen LogP contribution in [-0.2, 0) is 8.98 Å². The van der Waals surface area contributed by atoms with Crippen LogP contribution in [0.5, 0.6) is 0 Å². The van der Waals surface area contributed by atoms with Crippen molar-refractivity contribution in [1.82, 2.24) is 0 Å². The van der Waals surface area contributed by atoms with Crippen LogP contribution in [0.3, 0.4) is 0 Å².